The number of likely N-dealkylation sites (N-methyl/N-ethyl adjacent to an activating group) is 1. The summed E-state index contributed by atoms with van der Waals surface area (Å²) in [5, 5.41) is 2.70. The average molecular weight is 285 g/mol. The summed E-state index contributed by atoms with van der Waals surface area (Å²) in [6.45, 7) is 4.16. The number of alkyl carbamates (subject to hydrolysis) is 1. The number of hydrogen-bond acceptors (Lipinski definition) is 4. The molecule has 0 saturated carbocycles. The minimum atomic E-state index is -0.378. The van der Waals surface area contributed by atoms with Gasteiger partial charge in [-0.15, -0.1) is 0 Å². The average Bonchev–Trinajstić information content (AvgIpc) is 2.38. The highest BCUT2D eigenvalue weighted by molar-refractivity contribution is 5.73. The number of likely N-dealkylation sites (tertiary alicyclic amines) is 1. The number of piperidine rings is 1. The van der Waals surface area contributed by atoms with E-state index < -0.39 is 0 Å². The van der Waals surface area contributed by atoms with Crippen LogP contribution in [0.15, 0.2) is 0 Å². The van der Waals surface area contributed by atoms with Gasteiger partial charge >= 0.3 is 6.09 Å². The summed E-state index contributed by atoms with van der Waals surface area (Å²) < 4.78 is 5.15. The number of carbonyl (C=O) groups is 2. The maximum absolute atomic E-state index is 11.5. The van der Waals surface area contributed by atoms with Crippen molar-refractivity contribution in [3.63, 3.8) is 0 Å². The van der Waals surface area contributed by atoms with E-state index in [-0.39, 0.29) is 18.0 Å². The zero-order chi connectivity index (χ0) is 15.0. The molecule has 1 aliphatic heterocycles. The van der Waals surface area contributed by atoms with Crippen LogP contribution < -0.4 is 5.32 Å². The van der Waals surface area contributed by atoms with E-state index in [4.69, 9.17) is 4.74 Å². The number of nitrogens with zero attached hydrogens (tertiary/aromatic N) is 2. The van der Waals surface area contributed by atoms with Crippen LogP contribution in [0.1, 0.15) is 32.6 Å². The van der Waals surface area contributed by atoms with Crippen LogP contribution in [0.25, 0.3) is 0 Å². The highest BCUT2D eigenvalue weighted by atomic mass is 16.5. The van der Waals surface area contributed by atoms with Gasteiger partial charge in [0.05, 0.1) is 6.61 Å². The van der Waals surface area contributed by atoms with Crippen LogP contribution in [0.4, 0.5) is 4.79 Å². The molecule has 20 heavy (non-hydrogen) atoms. The van der Waals surface area contributed by atoms with Crippen molar-refractivity contribution < 1.29 is 14.3 Å². The van der Waals surface area contributed by atoms with Gasteiger partial charge in [0.2, 0.25) is 5.91 Å². The summed E-state index contributed by atoms with van der Waals surface area (Å²) in [4.78, 5) is 26.9. The zero-order valence-corrected chi connectivity index (χ0v) is 12.9. The molecule has 2 amide bonds. The normalized spacial score (nSPS) is 19.0. The Labute approximate surface area is 121 Å². The number of hydrogen-bond donors (Lipinski definition) is 1. The summed E-state index contributed by atoms with van der Waals surface area (Å²) in [7, 11) is 3.90. The van der Waals surface area contributed by atoms with Crippen LogP contribution in [0.5, 0.6) is 0 Å². The second-order valence-corrected chi connectivity index (χ2v) is 5.52. The van der Waals surface area contributed by atoms with Gasteiger partial charge < -0.3 is 19.9 Å². The van der Waals surface area contributed by atoms with Gasteiger partial charge in [-0.1, -0.05) is 0 Å². The van der Waals surface area contributed by atoms with E-state index in [1.54, 1.807) is 6.92 Å². The van der Waals surface area contributed by atoms with Gasteiger partial charge in [-0.25, -0.2) is 4.79 Å². The maximum Gasteiger partial charge on any atom is 0.407 e. The topological polar surface area (TPSA) is 61.9 Å². The van der Waals surface area contributed by atoms with Gasteiger partial charge in [0.25, 0.3) is 0 Å². The van der Waals surface area contributed by atoms with Crippen molar-refractivity contribution in [3.8, 4) is 0 Å². The third-order valence-electron chi connectivity index (χ3n) is 3.54. The highest BCUT2D eigenvalue weighted by Gasteiger charge is 2.24. The molecule has 1 rings (SSSR count). The highest BCUT2D eigenvalue weighted by Crippen LogP contribution is 2.19. The third-order valence-corrected chi connectivity index (χ3v) is 3.54. The third kappa shape index (κ3) is 6.23. The lowest BCUT2D eigenvalue weighted by Crippen LogP contribution is -2.43. The first-order chi connectivity index (χ1) is 9.50. The molecule has 0 aliphatic carbocycles. The second kappa shape index (κ2) is 8.79. The standard InChI is InChI=1S/C14H27N3O3/c1-12(18)17-9-5-4-6-13(17)7-11-20-14(19)15-8-10-16(2)3/h13H,4-11H2,1-3H3,(H,15,19). The Morgan fingerprint density at radius 3 is 2.75 bits per heavy atom. The van der Waals surface area contributed by atoms with Gasteiger partial charge in [0.1, 0.15) is 0 Å². The largest absolute Gasteiger partial charge is 0.449 e. The molecule has 1 heterocycles. The summed E-state index contributed by atoms with van der Waals surface area (Å²) in [6.07, 6.45) is 3.56. The molecule has 0 aromatic heterocycles. The fraction of sp³-hybridized carbons (Fsp3) is 0.857. The Hall–Kier alpha value is -1.30. The quantitative estimate of drug-likeness (QED) is 0.793. The van der Waals surface area contributed by atoms with Gasteiger partial charge in [0, 0.05) is 39.0 Å². The summed E-state index contributed by atoms with van der Waals surface area (Å²) >= 11 is 0. The molecular weight excluding hydrogens is 258 g/mol. The van der Waals surface area contributed by atoms with Crippen molar-refractivity contribution in [3.05, 3.63) is 0 Å². The SMILES string of the molecule is CC(=O)N1CCCCC1CCOC(=O)NCCN(C)C. The Bertz CT molecular complexity index is 321. The van der Waals surface area contributed by atoms with Crippen LogP contribution in [0, 0.1) is 0 Å². The molecule has 0 spiro atoms. The molecule has 0 aromatic rings. The Kier molecular flexibility index (Phi) is 7.36. The lowest BCUT2D eigenvalue weighted by molar-refractivity contribution is -0.132. The van der Waals surface area contributed by atoms with E-state index >= 15 is 0 Å². The van der Waals surface area contributed by atoms with Crippen LogP contribution >= 0.6 is 0 Å². The van der Waals surface area contributed by atoms with Crippen LogP contribution in [-0.4, -0.2) is 68.2 Å². The number of nitrogens with one attached hydrogen (secondary N) is 1. The van der Waals surface area contributed by atoms with E-state index in [9.17, 15) is 9.59 Å². The van der Waals surface area contributed by atoms with Gasteiger partial charge in [-0.2, -0.15) is 0 Å². The first-order valence-corrected chi connectivity index (χ1v) is 7.33. The smallest absolute Gasteiger partial charge is 0.407 e. The summed E-state index contributed by atoms with van der Waals surface area (Å²) in [5.74, 6) is 0.116. The first-order valence-electron chi connectivity index (χ1n) is 7.33. The lowest BCUT2D eigenvalue weighted by atomic mass is 10.00. The van der Waals surface area contributed by atoms with Crippen molar-refractivity contribution in [2.24, 2.45) is 0 Å². The van der Waals surface area contributed by atoms with E-state index in [0.717, 1.165) is 38.8 Å². The molecule has 1 N–H and O–H groups in total. The monoisotopic (exact) mass is 285 g/mol. The molecule has 1 atom stereocenters. The van der Waals surface area contributed by atoms with E-state index in [0.29, 0.717) is 13.2 Å². The van der Waals surface area contributed by atoms with Gasteiger partial charge in [0.15, 0.2) is 0 Å². The van der Waals surface area contributed by atoms with Crippen molar-refractivity contribution in [1.82, 2.24) is 15.1 Å². The predicted molar refractivity (Wildman–Crippen MR) is 77.5 cm³/mol. The van der Waals surface area contributed by atoms with Crippen LogP contribution in [0.2, 0.25) is 0 Å². The fourth-order valence-electron chi connectivity index (χ4n) is 2.44. The zero-order valence-electron chi connectivity index (χ0n) is 12.9. The lowest BCUT2D eigenvalue weighted by Gasteiger charge is -2.35. The number of carbonyl (C=O) groups excluding carboxylic acids is 2. The first kappa shape index (κ1) is 16.8. The van der Waals surface area contributed by atoms with Crippen molar-refractivity contribution >= 4 is 12.0 Å². The molecule has 0 radical (unpaired) electrons. The molecule has 1 fully saturated rings. The van der Waals surface area contributed by atoms with Crippen molar-refractivity contribution in [1.29, 1.82) is 0 Å². The van der Waals surface area contributed by atoms with Crippen LogP contribution in [-0.2, 0) is 9.53 Å². The Balaban J connectivity index is 2.18. The van der Waals surface area contributed by atoms with Crippen LogP contribution in [0.3, 0.4) is 0 Å². The van der Waals surface area contributed by atoms with Crippen molar-refractivity contribution in [2.45, 2.75) is 38.6 Å². The molecular formula is C14H27N3O3. The molecule has 6 nitrogen and oxygen atoms in total. The molecule has 1 saturated heterocycles. The molecule has 1 aliphatic rings. The summed E-state index contributed by atoms with van der Waals surface area (Å²) in [5.41, 5.74) is 0. The second-order valence-electron chi connectivity index (χ2n) is 5.52. The predicted octanol–water partition coefficient (Wildman–Crippen LogP) is 1.07. The van der Waals surface area contributed by atoms with Gasteiger partial charge in [-0.3, -0.25) is 4.79 Å². The molecule has 6 heteroatoms. The van der Waals surface area contributed by atoms with E-state index in [2.05, 4.69) is 5.32 Å². The fourth-order valence-corrected chi connectivity index (χ4v) is 2.44. The number of amides is 2. The number of ether oxygens (including phenoxy) is 1. The molecule has 0 aromatic carbocycles. The Morgan fingerprint density at radius 2 is 2.10 bits per heavy atom. The summed E-state index contributed by atoms with van der Waals surface area (Å²) in [6, 6.07) is 0.218. The minimum Gasteiger partial charge on any atom is -0.449 e. The van der Waals surface area contributed by atoms with Crippen molar-refractivity contribution in [2.75, 3.05) is 40.3 Å². The Morgan fingerprint density at radius 1 is 1.35 bits per heavy atom. The van der Waals surface area contributed by atoms with E-state index in [1.807, 2.05) is 23.9 Å². The molecule has 1 unspecified atom stereocenters. The minimum absolute atomic E-state index is 0.116. The molecule has 0 bridgehead atoms. The maximum atomic E-state index is 11.5. The molecule has 116 valence electrons. The number of rotatable bonds is 6. The van der Waals surface area contributed by atoms with E-state index in [1.165, 1.54) is 0 Å². The van der Waals surface area contributed by atoms with Gasteiger partial charge in [-0.05, 0) is 33.4 Å².